The van der Waals surface area contributed by atoms with E-state index in [1.54, 1.807) is 0 Å². The molecule has 0 bridgehead atoms. The first-order chi connectivity index (χ1) is 8.33. The van der Waals surface area contributed by atoms with Gasteiger partial charge in [-0.05, 0) is 24.3 Å². The van der Waals surface area contributed by atoms with E-state index in [0.717, 1.165) is 44.6 Å². The fraction of sp³-hybridized carbons (Fsp3) is 0.357. The van der Waals surface area contributed by atoms with Gasteiger partial charge in [-0.1, -0.05) is 6.08 Å². The molecule has 0 atom stereocenters. The molecule has 0 saturated carbocycles. The van der Waals surface area contributed by atoms with Gasteiger partial charge in [-0.25, -0.2) is 0 Å². The fourth-order valence-electron chi connectivity index (χ4n) is 2.13. The molecule has 1 aromatic carbocycles. The summed E-state index contributed by atoms with van der Waals surface area (Å²) in [6.07, 6.45) is 2.83. The van der Waals surface area contributed by atoms with Gasteiger partial charge >= 0.3 is 0 Å². The first-order valence-corrected chi connectivity index (χ1v) is 5.97. The monoisotopic (exact) mass is 230 g/mol. The normalized spacial score (nSPS) is 16.8. The van der Waals surface area contributed by atoms with Gasteiger partial charge in [0.05, 0.1) is 0 Å². The van der Waals surface area contributed by atoms with Crippen LogP contribution in [0.15, 0.2) is 36.9 Å². The summed E-state index contributed by atoms with van der Waals surface area (Å²) >= 11 is 0. The summed E-state index contributed by atoms with van der Waals surface area (Å²) in [4.78, 5) is 15.3. The summed E-state index contributed by atoms with van der Waals surface area (Å²) in [6.45, 7) is 8.95. The van der Waals surface area contributed by atoms with Crippen molar-refractivity contribution >= 4 is 12.0 Å². The van der Waals surface area contributed by atoms with Crippen molar-refractivity contribution in [2.45, 2.75) is 0 Å². The van der Waals surface area contributed by atoms with Crippen molar-refractivity contribution in [2.75, 3.05) is 37.6 Å². The molecule has 2 rings (SSSR count). The van der Waals surface area contributed by atoms with Crippen LogP contribution < -0.4 is 4.90 Å². The van der Waals surface area contributed by atoms with Gasteiger partial charge < -0.3 is 4.90 Å². The molecule has 0 aliphatic carbocycles. The molecule has 3 nitrogen and oxygen atoms in total. The number of aldehydes is 1. The molecule has 1 aromatic rings. The summed E-state index contributed by atoms with van der Waals surface area (Å²) in [5.74, 6) is 0. The molecule has 0 spiro atoms. The number of anilines is 1. The number of hydrogen-bond donors (Lipinski definition) is 0. The first kappa shape index (κ1) is 11.9. The van der Waals surface area contributed by atoms with Crippen LogP contribution in [0.5, 0.6) is 0 Å². The highest BCUT2D eigenvalue weighted by molar-refractivity contribution is 5.75. The van der Waals surface area contributed by atoms with Crippen molar-refractivity contribution in [1.82, 2.24) is 4.90 Å². The number of rotatable bonds is 4. The van der Waals surface area contributed by atoms with Gasteiger partial charge in [-0.15, -0.1) is 6.58 Å². The maximum absolute atomic E-state index is 10.6. The van der Waals surface area contributed by atoms with E-state index in [1.165, 1.54) is 5.69 Å². The molecule has 1 fully saturated rings. The van der Waals surface area contributed by atoms with Crippen LogP contribution in [0.2, 0.25) is 0 Å². The molecule has 3 heteroatoms. The minimum atomic E-state index is 0.735. The van der Waals surface area contributed by atoms with Gasteiger partial charge in [0.2, 0.25) is 0 Å². The zero-order valence-corrected chi connectivity index (χ0v) is 10.0. The van der Waals surface area contributed by atoms with Crippen molar-refractivity contribution in [3.63, 3.8) is 0 Å². The predicted octanol–water partition coefficient (Wildman–Crippen LogP) is 1.81. The van der Waals surface area contributed by atoms with E-state index in [2.05, 4.69) is 16.4 Å². The van der Waals surface area contributed by atoms with Gasteiger partial charge in [0, 0.05) is 44.0 Å². The molecule has 0 aromatic heterocycles. The molecule has 0 radical (unpaired) electrons. The lowest BCUT2D eigenvalue weighted by Crippen LogP contribution is -2.46. The molecule has 1 saturated heterocycles. The molecular weight excluding hydrogens is 212 g/mol. The predicted molar refractivity (Wildman–Crippen MR) is 70.7 cm³/mol. The second-order valence-corrected chi connectivity index (χ2v) is 4.29. The van der Waals surface area contributed by atoms with Crippen molar-refractivity contribution in [3.8, 4) is 0 Å². The Morgan fingerprint density at radius 3 is 2.29 bits per heavy atom. The van der Waals surface area contributed by atoms with Crippen LogP contribution in [0.1, 0.15) is 10.4 Å². The lowest BCUT2D eigenvalue weighted by atomic mass is 10.2. The Labute approximate surface area is 102 Å². The zero-order chi connectivity index (χ0) is 12.1. The molecule has 1 aliphatic rings. The van der Waals surface area contributed by atoms with Crippen molar-refractivity contribution < 1.29 is 4.79 Å². The summed E-state index contributed by atoms with van der Waals surface area (Å²) in [5.41, 5.74) is 1.94. The fourth-order valence-corrected chi connectivity index (χ4v) is 2.13. The summed E-state index contributed by atoms with van der Waals surface area (Å²) in [6, 6.07) is 7.79. The van der Waals surface area contributed by atoms with E-state index in [9.17, 15) is 4.79 Å². The Morgan fingerprint density at radius 2 is 1.76 bits per heavy atom. The van der Waals surface area contributed by atoms with Crippen molar-refractivity contribution in [3.05, 3.63) is 42.5 Å². The van der Waals surface area contributed by atoms with Crippen LogP contribution in [0.3, 0.4) is 0 Å². The Hall–Kier alpha value is -1.61. The van der Waals surface area contributed by atoms with Gasteiger partial charge in [0.1, 0.15) is 6.29 Å². The summed E-state index contributed by atoms with van der Waals surface area (Å²) in [7, 11) is 0. The van der Waals surface area contributed by atoms with E-state index >= 15 is 0 Å². The van der Waals surface area contributed by atoms with Crippen LogP contribution in [0.4, 0.5) is 5.69 Å². The zero-order valence-electron chi connectivity index (χ0n) is 10.0. The molecule has 0 unspecified atom stereocenters. The highest BCUT2D eigenvalue weighted by atomic mass is 16.1. The van der Waals surface area contributed by atoms with Crippen molar-refractivity contribution in [2.24, 2.45) is 0 Å². The number of carbonyl (C=O) groups excluding carboxylic acids is 1. The second kappa shape index (κ2) is 5.64. The Bertz CT molecular complexity index is 378. The summed E-state index contributed by atoms with van der Waals surface area (Å²) in [5, 5.41) is 0. The molecule has 0 amide bonds. The molecule has 1 aliphatic heterocycles. The Kier molecular flexibility index (Phi) is 3.94. The van der Waals surface area contributed by atoms with E-state index in [-0.39, 0.29) is 0 Å². The Balaban J connectivity index is 1.95. The van der Waals surface area contributed by atoms with Crippen LogP contribution in [0.25, 0.3) is 0 Å². The van der Waals surface area contributed by atoms with Crippen LogP contribution in [0, 0.1) is 0 Å². The summed E-state index contributed by atoms with van der Waals surface area (Å²) < 4.78 is 0. The highest BCUT2D eigenvalue weighted by Crippen LogP contribution is 2.16. The smallest absolute Gasteiger partial charge is 0.150 e. The third-order valence-corrected chi connectivity index (χ3v) is 3.15. The largest absolute Gasteiger partial charge is 0.369 e. The topological polar surface area (TPSA) is 23.6 Å². The third-order valence-electron chi connectivity index (χ3n) is 3.15. The number of hydrogen-bond acceptors (Lipinski definition) is 3. The minimum absolute atomic E-state index is 0.735. The van der Waals surface area contributed by atoms with E-state index in [1.807, 2.05) is 30.3 Å². The van der Waals surface area contributed by atoms with Gasteiger partial charge in [0.25, 0.3) is 0 Å². The molecule has 90 valence electrons. The average Bonchev–Trinajstić information content (AvgIpc) is 2.40. The van der Waals surface area contributed by atoms with Crippen LogP contribution >= 0.6 is 0 Å². The van der Waals surface area contributed by atoms with Crippen LogP contribution in [-0.2, 0) is 0 Å². The molecule has 0 N–H and O–H groups in total. The maximum Gasteiger partial charge on any atom is 0.150 e. The lowest BCUT2D eigenvalue weighted by Gasteiger charge is -2.35. The highest BCUT2D eigenvalue weighted by Gasteiger charge is 2.15. The van der Waals surface area contributed by atoms with E-state index in [0.29, 0.717) is 0 Å². The van der Waals surface area contributed by atoms with Crippen molar-refractivity contribution in [1.29, 1.82) is 0 Å². The number of piperazine rings is 1. The molecule has 17 heavy (non-hydrogen) atoms. The van der Waals surface area contributed by atoms with Gasteiger partial charge in [-0.3, -0.25) is 9.69 Å². The number of benzene rings is 1. The van der Waals surface area contributed by atoms with E-state index < -0.39 is 0 Å². The minimum Gasteiger partial charge on any atom is -0.369 e. The Morgan fingerprint density at radius 1 is 1.12 bits per heavy atom. The quantitative estimate of drug-likeness (QED) is 0.582. The van der Waals surface area contributed by atoms with Crippen LogP contribution in [-0.4, -0.2) is 43.9 Å². The number of nitrogens with zero attached hydrogens (tertiary/aromatic N) is 2. The average molecular weight is 230 g/mol. The second-order valence-electron chi connectivity index (χ2n) is 4.29. The molecular formula is C14H18N2O. The molecule has 1 heterocycles. The van der Waals surface area contributed by atoms with Gasteiger partial charge in [0.15, 0.2) is 0 Å². The number of carbonyl (C=O) groups is 1. The van der Waals surface area contributed by atoms with E-state index in [4.69, 9.17) is 0 Å². The lowest BCUT2D eigenvalue weighted by molar-refractivity contribution is 0.112. The maximum atomic E-state index is 10.6. The standard InChI is InChI=1S/C14H18N2O/c1-2-7-15-8-10-16(11-9-15)14-5-3-13(12-17)4-6-14/h2-6,12H,1,7-11H2. The third kappa shape index (κ3) is 2.94. The van der Waals surface area contributed by atoms with Gasteiger partial charge in [-0.2, -0.15) is 0 Å². The first-order valence-electron chi connectivity index (χ1n) is 5.97. The SMILES string of the molecule is C=CCN1CCN(c2ccc(C=O)cc2)CC1.